The number of halogens is 2. The minimum absolute atomic E-state index is 0.0195. The van der Waals surface area contributed by atoms with Crippen molar-refractivity contribution in [3.05, 3.63) is 29.0 Å². The van der Waals surface area contributed by atoms with Crippen LogP contribution in [0.2, 0.25) is 5.02 Å². The predicted octanol–water partition coefficient (Wildman–Crippen LogP) is 3.60. The van der Waals surface area contributed by atoms with E-state index in [0.29, 0.717) is 11.8 Å². The lowest BCUT2D eigenvalue weighted by atomic mass is 9.50. The molecule has 0 heterocycles. The van der Waals surface area contributed by atoms with Gasteiger partial charge in [-0.2, -0.15) is 0 Å². The summed E-state index contributed by atoms with van der Waals surface area (Å²) in [6.45, 7) is 0.260. The van der Waals surface area contributed by atoms with Crippen molar-refractivity contribution < 1.29 is 17.5 Å². The van der Waals surface area contributed by atoms with Crippen LogP contribution in [-0.4, -0.2) is 27.7 Å². The fourth-order valence-electron chi connectivity index (χ4n) is 5.61. The largest absolute Gasteiger partial charge is 0.376 e. The van der Waals surface area contributed by atoms with Crippen LogP contribution in [0.4, 0.5) is 4.39 Å². The maximum absolute atomic E-state index is 13.3. The summed E-state index contributed by atoms with van der Waals surface area (Å²) in [6.07, 6.45) is 5.85. The molecule has 138 valence electrons. The zero-order valence-electron chi connectivity index (χ0n) is 14.2. The number of nitrogens with one attached hydrogen (secondary N) is 1. The van der Waals surface area contributed by atoms with Crippen LogP contribution in [0.1, 0.15) is 32.1 Å². The lowest BCUT2D eigenvalue weighted by Gasteiger charge is -2.60. The molecule has 0 aliphatic heterocycles. The Hall–Kier alpha value is -0.690. The van der Waals surface area contributed by atoms with Gasteiger partial charge in [0.2, 0.25) is 10.0 Å². The lowest BCUT2D eigenvalue weighted by molar-refractivity contribution is -0.185. The van der Waals surface area contributed by atoms with E-state index < -0.39 is 21.4 Å². The molecule has 0 radical (unpaired) electrons. The summed E-state index contributed by atoms with van der Waals surface area (Å²) in [5, 5.41) is -0.195. The van der Waals surface area contributed by atoms with Crippen molar-refractivity contribution in [2.45, 2.75) is 42.6 Å². The average Bonchev–Trinajstić information content (AvgIpc) is 2.57. The molecule has 0 saturated heterocycles. The number of ether oxygens (including phenoxy) is 1. The van der Waals surface area contributed by atoms with Crippen LogP contribution in [0.5, 0.6) is 0 Å². The summed E-state index contributed by atoms with van der Waals surface area (Å²) in [4.78, 5) is -0.0195. The maximum Gasteiger partial charge on any atom is 0.240 e. The van der Waals surface area contributed by atoms with Crippen LogP contribution in [0.25, 0.3) is 0 Å². The van der Waals surface area contributed by atoms with Gasteiger partial charge in [0.15, 0.2) is 0 Å². The van der Waals surface area contributed by atoms with Crippen molar-refractivity contribution in [1.82, 2.24) is 4.72 Å². The molecule has 0 spiro atoms. The smallest absolute Gasteiger partial charge is 0.240 e. The third kappa shape index (κ3) is 2.91. The van der Waals surface area contributed by atoms with Crippen molar-refractivity contribution in [2.24, 2.45) is 23.7 Å². The van der Waals surface area contributed by atoms with Crippen LogP contribution in [0.15, 0.2) is 23.1 Å². The lowest BCUT2D eigenvalue weighted by Crippen LogP contribution is -2.63. The molecule has 0 aromatic heterocycles. The third-order valence-corrected chi connectivity index (χ3v) is 8.33. The number of benzene rings is 1. The molecule has 4 aliphatic carbocycles. The van der Waals surface area contributed by atoms with Gasteiger partial charge in [-0.3, -0.25) is 0 Å². The number of rotatable bonds is 5. The number of sulfonamides is 1. The average molecular weight is 388 g/mol. The van der Waals surface area contributed by atoms with Gasteiger partial charge in [-0.15, -0.1) is 0 Å². The van der Waals surface area contributed by atoms with E-state index in [1.54, 1.807) is 7.11 Å². The monoisotopic (exact) mass is 387 g/mol. The second-order valence-corrected chi connectivity index (χ2v) is 10.0. The van der Waals surface area contributed by atoms with E-state index in [-0.39, 0.29) is 16.5 Å². The molecule has 4 fully saturated rings. The Kier molecular flexibility index (Phi) is 4.38. The number of hydrogen-bond acceptors (Lipinski definition) is 3. The Morgan fingerprint density at radius 1 is 1.20 bits per heavy atom. The van der Waals surface area contributed by atoms with E-state index in [0.717, 1.165) is 49.7 Å². The molecule has 1 aromatic carbocycles. The molecule has 25 heavy (non-hydrogen) atoms. The highest BCUT2D eigenvalue weighted by Crippen LogP contribution is 2.59. The number of hydrogen-bond donors (Lipinski definition) is 1. The molecule has 4 bridgehead atoms. The van der Waals surface area contributed by atoms with Crippen molar-refractivity contribution in [3.63, 3.8) is 0 Å². The Morgan fingerprint density at radius 3 is 2.32 bits per heavy atom. The van der Waals surface area contributed by atoms with Crippen molar-refractivity contribution in [2.75, 3.05) is 13.7 Å². The van der Waals surface area contributed by atoms with Gasteiger partial charge >= 0.3 is 0 Å². The highest BCUT2D eigenvalue weighted by molar-refractivity contribution is 7.89. The normalized spacial score (nSPS) is 36.8. The molecule has 5 rings (SSSR count). The van der Waals surface area contributed by atoms with Crippen molar-refractivity contribution in [3.8, 4) is 0 Å². The standard InChI is InChI=1S/C18H23ClFNO3S/c1-24-18(13-5-11-4-12(7-13)8-14(18)6-11)10-21-25(22,23)15-2-3-17(20)16(19)9-15/h2-3,9,11-14,21H,4-8,10H2,1H3. The summed E-state index contributed by atoms with van der Waals surface area (Å²) in [5.41, 5.74) is -0.426. The van der Waals surface area contributed by atoms with E-state index in [9.17, 15) is 12.8 Å². The SMILES string of the molecule is COC1(CNS(=O)(=O)c2ccc(F)c(Cl)c2)C2CC3CC(C2)CC1C3. The predicted molar refractivity (Wildman–Crippen MR) is 93.4 cm³/mol. The first kappa shape index (κ1) is 17.7. The van der Waals surface area contributed by atoms with Gasteiger partial charge in [0, 0.05) is 13.7 Å². The van der Waals surface area contributed by atoms with Crippen molar-refractivity contribution >= 4 is 21.6 Å². The van der Waals surface area contributed by atoms with Gasteiger partial charge in [0.25, 0.3) is 0 Å². The maximum atomic E-state index is 13.3. The van der Waals surface area contributed by atoms with Crippen LogP contribution >= 0.6 is 11.6 Å². The minimum atomic E-state index is -3.76. The molecule has 4 saturated carbocycles. The Bertz CT molecular complexity index is 755. The molecule has 1 N–H and O–H groups in total. The first-order valence-electron chi connectivity index (χ1n) is 8.84. The fraction of sp³-hybridized carbons (Fsp3) is 0.667. The zero-order chi connectivity index (χ0) is 17.8. The molecular weight excluding hydrogens is 365 g/mol. The molecule has 7 heteroatoms. The van der Waals surface area contributed by atoms with Crippen LogP contribution in [-0.2, 0) is 14.8 Å². The van der Waals surface area contributed by atoms with E-state index in [2.05, 4.69) is 4.72 Å². The highest BCUT2D eigenvalue weighted by Gasteiger charge is 2.57. The second-order valence-electron chi connectivity index (χ2n) is 7.86. The van der Waals surface area contributed by atoms with Gasteiger partial charge < -0.3 is 4.74 Å². The number of methoxy groups -OCH3 is 1. The van der Waals surface area contributed by atoms with Crippen LogP contribution in [0.3, 0.4) is 0 Å². The molecule has 1 aromatic rings. The molecule has 0 atom stereocenters. The van der Waals surface area contributed by atoms with E-state index in [1.807, 2.05) is 0 Å². The van der Waals surface area contributed by atoms with Crippen molar-refractivity contribution in [1.29, 1.82) is 0 Å². The topological polar surface area (TPSA) is 55.4 Å². The summed E-state index contributed by atoms with van der Waals surface area (Å²) in [6, 6.07) is 3.46. The summed E-state index contributed by atoms with van der Waals surface area (Å²) < 4.78 is 47.3. The first-order valence-corrected chi connectivity index (χ1v) is 10.7. The first-order chi connectivity index (χ1) is 11.8. The fourth-order valence-corrected chi connectivity index (χ4v) is 6.96. The summed E-state index contributed by atoms with van der Waals surface area (Å²) in [7, 11) is -2.06. The minimum Gasteiger partial charge on any atom is -0.376 e. The molecule has 4 nitrogen and oxygen atoms in total. The van der Waals surface area contributed by atoms with Gasteiger partial charge in [-0.1, -0.05) is 11.6 Å². The van der Waals surface area contributed by atoms with Gasteiger partial charge in [0.05, 0.1) is 15.5 Å². The quantitative estimate of drug-likeness (QED) is 0.839. The Balaban J connectivity index is 1.55. The van der Waals surface area contributed by atoms with E-state index in [1.165, 1.54) is 12.5 Å². The highest BCUT2D eigenvalue weighted by atomic mass is 35.5. The van der Waals surface area contributed by atoms with Crippen LogP contribution in [0, 0.1) is 29.5 Å². The second kappa shape index (κ2) is 6.19. The molecular formula is C18H23ClFNO3S. The van der Waals surface area contributed by atoms with E-state index in [4.69, 9.17) is 16.3 Å². The molecule has 0 amide bonds. The van der Waals surface area contributed by atoms with Gasteiger partial charge in [-0.25, -0.2) is 17.5 Å². The molecule has 0 unspecified atom stereocenters. The Morgan fingerprint density at radius 2 is 1.80 bits per heavy atom. The van der Waals surface area contributed by atoms with Gasteiger partial charge in [0.1, 0.15) is 5.82 Å². The summed E-state index contributed by atoms with van der Waals surface area (Å²) in [5.74, 6) is 1.74. The summed E-state index contributed by atoms with van der Waals surface area (Å²) >= 11 is 5.73. The van der Waals surface area contributed by atoms with Gasteiger partial charge in [-0.05, 0) is 74.0 Å². The van der Waals surface area contributed by atoms with E-state index >= 15 is 0 Å². The van der Waals surface area contributed by atoms with Crippen LogP contribution < -0.4 is 4.72 Å². The molecule has 4 aliphatic rings. The Labute approximate surface area is 153 Å². The third-order valence-electron chi connectivity index (χ3n) is 6.64. The zero-order valence-corrected chi connectivity index (χ0v) is 15.7.